The van der Waals surface area contributed by atoms with Crippen LogP contribution in [0.1, 0.15) is 16.7 Å². The van der Waals surface area contributed by atoms with Crippen molar-refractivity contribution in [3.05, 3.63) is 143 Å². The zero-order valence-electron chi connectivity index (χ0n) is 19.4. The van der Waals surface area contributed by atoms with Crippen molar-refractivity contribution in [2.45, 2.75) is 0 Å². The smallest absolute Gasteiger partial charge is 0.354 e. The molecule has 0 saturated heterocycles. The zero-order chi connectivity index (χ0) is 27.1. The molecule has 1 heterocycles. The number of hydrogen-bond acceptors (Lipinski definition) is 7. The Morgan fingerprint density at radius 1 is 0.737 bits per heavy atom. The van der Waals surface area contributed by atoms with Gasteiger partial charge in [0.15, 0.2) is 0 Å². The van der Waals surface area contributed by atoms with Gasteiger partial charge in [0, 0.05) is 21.9 Å². The fourth-order valence-corrected chi connectivity index (χ4v) is 4.71. The molecule has 0 saturated carbocycles. The van der Waals surface area contributed by atoms with Gasteiger partial charge < -0.3 is 4.98 Å². The van der Waals surface area contributed by atoms with Crippen molar-refractivity contribution >= 4 is 45.3 Å². The molecule has 0 atom stereocenters. The van der Waals surface area contributed by atoms with E-state index in [2.05, 4.69) is 48.0 Å². The van der Waals surface area contributed by atoms with Crippen molar-refractivity contribution in [3.63, 3.8) is 0 Å². The molecule has 6 rings (SSSR count). The van der Waals surface area contributed by atoms with Gasteiger partial charge in [0.1, 0.15) is 0 Å². The Labute approximate surface area is 213 Å². The van der Waals surface area contributed by atoms with Crippen LogP contribution < -0.4 is 0 Å². The molecule has 2 aliphatic rings. The maximum absolute atomic E-state index is 12.3. The first kappa shape index (κ1) is 24.0. The predicted octanol–water partition coefficient (Wildman–Crippen LogP) is 5.38. The van der Waals surface area contributed by atoms with E-state index in [9.17, 15) is 35.1 Å². The van der Waals surface area contributed by atoms with Gasteiger partial charge in [-0.25, -0.2) is 0 Å². The van der Waals surface area contributed by atoms with E-state index in [1.54, 1.807) is 18.2 Å². The van der Waals surface area contributed by atoms with Crippen LogP contribution in [0.5, 0.6) is 0 Å². The molecule has 3 aromatic carbocycles. The number of carbonyl (C=O) groups excluding carboxylic acids is 1. The van der Waals surface area contributed by atoms with Crippen LogP contribution in [0.25, 0.3) is 39.5 Å². The molecule has 2 aliphatic carbocycles. The number of rotatable bonds is 4. The normalized spacial score (nSPS) is 14.0. The topological polar surface area (TPSA) is 162 Å². The molecule has 0 fully saturated rings. The lowest BCUT2D eigenvalue weighted by molar-refractivity contribution is -0.498. The van der Waals surface area contributed by atoms with E-state index >= 15 is 0 Å². The van der Waals surface area contributed by atoms with Crippen molar-refractivity contribution in [2.75, 3.05) is 0 Å². The Morgan fingerprint density at radius 2 is 1.37 bits per heavy atom. The standard InChI is InChI=1S/C14H11N.C13H5N3O7/c1-2-10-6-5-8-12-11-7-3-4-9-13(11)15-14(10)12;17-13-8-5-6-3-1-2-4-7(6)9(8)10(14(18)19)11(15(20)21)12(13)16(22)23/h2-9,15H,1H2;1-5H. The lowest BCUT2D eigenvalue weighted by Crippen LogP contribution is -2.27. The first-order valence-electron chi connectivity index (χ1n) is 11.1. The number of aromatic amines is 1. The van der Waals surface area contributed by atoms with Crippen LogP contribution >= 0.6 is 0 Å². The Balaban J connectivity index is 0.000000168. The fraction of sp³-hybridized carbons (Fsp3) is 0. The molecule has 0 aliphatic heterocycles. The molecule has 0 unspecified atom stereocenters. The quantitative estimate of drug-likeness (QED) is 0.286. The van der Waals surface area contributed by atoms with Crippen LogP contribution in [0.3, 0.4) is 0 Å². The first-order valence-corrected chi connectivity index (χ1v) is 11.1. The van der Waals surface area contributed by atoms with Gasteiger partial charge in [0.2, 0.25) is 0 Å². The van der Waals surface area contributed by atoms with Gasteiger partial charge in [0.05, 0.1) is 25.9 Å². The van der Waals surface area contributed by atoms with Gasteiger partial charge in [-0.15, -0.1) is 0 Å². The first-order chi connectivity index (χ1) is 18.2. The summed E-state index contributed by atoms with van der Waals surface area (Å²) in [6.07, 6.45) is 3.15. The average molecular weight is 508 g/mol. The van der Waals surface area contributed by atoms with Gasteiger partial charge in [-0.2, -0.15) is 0 Å². The molecular weight excluding hydrogens is 492 g/mol. The average Bonchev–Trinajstić information content (AvgIpc) is 3.47. The lowest BCUT2D eigenvalue weighted by Gasteiger charge is -2.11. The molecule has 0 amide bonds. The number of aromatic nitrogens is 1. The molecule has 186 valence electrons. The Kier molecular flexibility index (Phi) is 5.72. The number of benzene rings is 3. The Morgan fingerprint density at radius 3 is 2.05 bits per heavy atom. The lowest BCUT2D eigenvalue weighted by atomic mass is 9.90. The Bertz CT molecular complexity index is 1840. The number of Topliss-reactive ketones (excluding diaryl/α,β-unsaturated/α-hetero) is 1. The largest absolute Gasteiger partial charge is 0.427 e. The van der Waals surface area contributed by atoms with E-state index in [0.29, 0.717) is 5.56 Å². The number of allylic oxidation sites excluding steroid dienone is 2. The molecular formula is C27H16N4O7. The van der Waals surface area contributed by atoms with E-state index in [4.69, 9.17) is 0 Å². The van der Waals surface area contributed by atoms with E-state index < -0.39 is 37.6 Å². The summed E-state index contributed by atoms with van der Waals surface area (Å²) in [5, 5.41) is 36.1. The maximum Gasteiger partial charge on any atom is 0.427 e. The summed E-state index contributed by atoms with van der Waals surface area (Å²) >= 11 is 0. The van der Waals surface area contributed by atoms with Gasteiger partial charge >= 0.3 is 17.1 Å². The fourth-order valence-electron chi connectivity index (χ4n) is 4.71. The van der Waals surface area contributed by atoms with Crippen LogP contribution in [0.2, 0.25) is 0 Å². The summed E-state index contributed by atoms with van der Waals surface area (Å²) < 4.78 is 0. The highest BCUT2D eigenvalue weighted by Crippen LogP contribution is 2.44. The minimum atomic E-state index is -1.40. The van der Waals surface area contributed by atoms with Crippen molar-refractivity contribution < 1.29 is 19.6 Å². The van der Waals surface area contributed by atoms with Crippen LogP contribution in [0.4, 0.5) is 0 Å². The SMILES string of the molecule is C=Cc1cccc2c1[nH]c1ccccc12.O=C1C2=Cc3ccccc3C2=C([N+](=O)[O-])C([N+](=O)[O-])=C1[N+](=O)[O-]. The second-order valence-electron chi connectivity index (χ2n) is 8.31. The van der Waals surface area contributed by atoms with Gasteiger partial charge in [-0.1, -0.05) is 73.3 Å². The highest BCUT2D eigenvalue weighted by molar-refractivity contribution is 6.25. The van der Waals surface area contributed by atoms with E-state index in [-0.39, 0.29) is 16.7 Å². The molecule has 0 spiro atoms. The van der Waals surface area contributed by atoms with Crippen molar-refractivity contribution in [1.29, 1.82) is 0 Å². The molecule has 1 N–H and O–H groups in total. The summed E-state index contributed by atoms with van der Waals surface area (Å²) in [5.74, 6) is -1.21. The van der Waals surface area contributed by atoms with Crippen LogP contribution in [-0.4, -0.2) is 25.5 Å². The van der Waals surface area contributed by atoms with Gasteiger partial charge in [-0.05, 0) is 28.8 Å². The Hall–Kier alpha value is -5.71. The molecule has 0 bridgehead atoms. The third kappa shape index (κ3) is 3.66. The van der Waals surface area contributed by atoms with E-state index in [1.807, 2.05) is 12.1 Å². The van der Waals surface area contributed by atoms with Crippen LogP contribution in [-0.2, 0) is 4.79 Å². The third-order valence-electron chi connectivity index (χ3n) is 6.29. The number of H-pyrrole nitrogens is 1. The van der Waals surface area contributed by atoms with E-state index in [1.165, 1.54) is 33.9 Å². The number of ketones is 1. The minimum absolute atomic E-state index is 0.254. The van der Waals surface area contributed by atoms with E-state index in [0.717, 1.165) is 5.56 Å². The molecule has 4 aromatic rings. The summed E-state index contributed by atoms with van der Waals surface area (Å²) in [6, 6.07) is 20.8. The second-order valence-corrected chi connectivity index (χ2v) is 8.31. The van der Waals surface area contributed by atoms with Crippen LogP contribution in [0.15, 0.2) is 96.0 Å². The van der Waals surface area contributed by atoms with Gasteiger partial charge in [-0.3, -0.25) is 35.1 Å². The number of carbonyl (C=O) groups is 1. The number of nitrogens with zero attached hydrogens (tertiary/aromatic N) is 3. The number of hydrogen-bond donors (Lipinski definition) is 1. The molecule has 1 aromatic heterocycles. The number of fused-ring (bicyclic) bond motifs is 6. The summed E-state index contributed by atoms with van der Waals surface area (Å²) in [6.45, 7) is 3.83. The van der Waals surface area contributed by atoms with Gasteiger partial charge in [0.25, 0.3) is 5.78 Å². The maximum atomic E-state index is 12.3. The molecule has 11 heteroatoms. The highest BCUT2D eigenvalue weighted by Gasteiger charge is 2.54. The molecule has 0 radical (unpaired) electrons. The van der Waals surface area contributed by atoms with Crippen molar-refractivity contribution in [1.82, 2.24) is 4.98 Å². The summed E-state index contributed by atoms with van der Waals surface area (Å²) in [5.41, 5.74) is -0.181. The summed E-state index contributed by atoms with van der Waals surface area (Å²) in [7, 11) is 0. The second kappa shape index (κ2) is 9.06. The highest BCUT2D eigenvalue weighted by atomic mass is 16.7. The molecule has 38 heavy (non-hydrogen) atoms. The monoisotopic (exact) mass is 508 g/mol. The molecule has 11 nitrogen and oxygen atoms in total. The third-order valence-corrected chi connectivity index (χ3v) is 6.29. The predicted molar refractivity (Wildman–Crippen MR) is 140 cm³/mol. The van der Waals surface area contributed by atoms with Crippen molar-refractivity contribution in [3.8, 4) is 0 Å². The van der Waals surface area contributed by atoms with Crippen LogP contribution in [0, 0.1) is 30.3 Å². The number of nitro groups is 3. The summed E-state index contributed by atoms with van der Waals surface area (Å²) in [4.78, 5) is 45.7. The number of nitrogens with one attached hydrogen (secondary N) is 1. The minimum Gasteiger partial charge on any atom is -0.354 e. The zero-order valence-corrected chi connectivity index (χ0v) is 19.4. The number of para-hydroxylation sites is 2. The van der Waals surface area contributed by atoms with Crippen molar-refractivity contribution in [2.24, 2.45) is 0 Å².